The van der Waals surface area contributed by atoms with Crippen LogP contribution in [0.25, 0.3) is 0 Å². The molecule has 1 aromatic heterocycles. The topological polar surface area (TPSA) is 81.1 Å². The Kier molecular flexibility index (Phi) is 3.70. The van der Waals surface area contributed by atoms with Crippen molar-refractivity contribution in [3.8, 4) is 0 Å². The largest absolute Gasteiger partial charge is 0.352 e. The van der Waals surface area contributed by atoms with Gasteiger partial charge in [0.1, 0.15) is 0 Å². The molecule has 7 heteroatoms. The normalized spacial score (nSPS) is 23.7. The van der Waals surface area contributed by atoms with E-state index in [0.29, 0.717) is 13.0 Å². The zero-order valence-electron chi connectivity index (χ0n) is 10.2. The molecule has 2 atom stereocenters. The molecule has 0 aliphatic carbocycles. The van der Waals surface area contributed by atoms with E-state index in [4.69, 9.17) is 0 Å². The molecule has 1 saturated heterocycles. The smallest absolute Gasteiger partial charge is 0.224 e. The van der Waals surface area contributed by atoms with E-state index < -0.39 is 15.8 Å². The first kappa shape index (κ1) is 13.1. The molecule has 2 unspecified atom stereocenters. The highest BCUT2D eigenvalue weighted by atomic mass is 32.2. The monoisotopic (exact) mass is 271 g/mol. The SMILES string of the molecule is CC(Cn1cccn1)NC(=O)C1CCS(=O)(=O)C1. The summed E-state index contributed by atoms with van der Waals surface area (Å²) in [5.74, 6) is -0.461. The van der Waals surface area contributed by atoms with Crippen LogP contribution in [-0.2, 0) is 21.2 Å². The highest BCUT2D eigenvalue weighted by Crippen LogP contribution is 2.18. The van der Waals surface area contributed by atoms with Crippen LogP contribution in [0.1, 0.15) is 13.3 Å². The standard InChI is InChI=1S/C11H17N3O3S/c1-9(7-14-5-2-4-12-14)13-11(15)10-3-6-18(16,17)8-10/h2,4-5,9-10H,3,6-8H2,1H3,(H,13,15). The lowest BCUT2D eigenvalue weighted by Gasteiger charge is -2.16. The van der Waals surface area contributed by atoms with Crippen molar-refractivity contribution in [2.75, 3.05) is 11.5 Å². The molecule has 1 N–H and O–H groups in total. The summed E-state index contributed by atoms with van der Waals surface area (Å²) in [4.78, 5) is 11.9. The van der Waals surface area contributed by atoms with Crippen LogP contribution < -0.4 is 5.32 Å². The third-order valence-electron chi connectivity index (χ3n) is 3.01. The van der Waals surface area contributed by atoms with Gasteiger partial charge in [0.05, 0.1) is 24.0 Å². The van der Waals surface area contributed by atoms with E-state index in [9.17, 15) is 13.2 Å². The first-order valence-corrected chi connectivity index (χ1v) is 7.76. The Morgan fingerprint density at radius 1 is 1.61 bits per heavy atom. The maximum atomic E-state index is 11.9. The van der Waals surface area contributed by atoms with Gasteiger partial charge in [-0.15, -0.1) is 0 Å². The van der Waals surface area contributed by atoms with Gasteiger partial charge < -0.3 is 5.32 Å². The molecule has 1 fully saturated rings. The Labute approximate surface area is 106 Å². The Balaban J connectivity index is 1.84. The number of nitrogens with one attached hydrogen (secondary N) is 1. The number of hydrogen-bond donors (Lipinski definition) is 1. The first-order chi connectivity index (χ1) is 8.46. The van der Waals surface area contributed by atoms with E-state index in [1.165, 1.54) is 0 Å². The van der Waals surface area contributed by atoms with Gasteiger partial charge in [0, 0.05) is 18.4 Å². The molecule has 1 aromatic rings. The number of amides is 1. The quantitative estimate of drug-likeness (QED) is 0.824. The maximum absolute atomic E-state index is 11.9. The Morgan fingerprint density at radius 3 is 2.94 bits per heavy atom. The summed E-state index contributed by atoms with van der Waals surface area (Å²) in [6, 6.07) is 1.75. The molecule has 1 aliphatic heterocycles. The fourth-order valence-electron chi connectivity index (χ4n) is 2.10. The van der Waals surface area contributed by atoms with Crippen LogP contribution >= 0.6 is 0 Å². The third-order valence-corrected chi connectivity index (χ3v) is 4.78. The van der Waals surface area contributed by atoms with Crippen LogP contribution in [0.2, 0.25) is 0 Å². The van der Waals surface area contributed by atoms with Gasteiger partial charge in [0.2, 0.25) is 5.91 Å². The lowest BCUT2D eigenvalue weighted by Crippen LogP contribution is -2.40. The van der Waals surface area contributed by atoms with Crippen molar-refractivity contribution in [1.29, 1.82) is 0 Å². The van der Waals surface area contributed by atoms with Gasteiger partial charge >= 0.3 is 0 Å². The molecular formula is C11H17N3O3S. The number of nitrogens with zero attached hydrogens (tertiary/aromatic N) is 2. The van der Waals surface area contributed by atoms with Crippen LogP contribution in [0.5, 0.6) is 0 Å². The molecule has 2 heterocycles. The van der Waals surface area contributed by atoms with Crippen molar-refractivity contribution in [2.24, 2.45) is 5.92 Å². The minimum absolute atomic E-state index is 0.0205. The summed E-state index contributed by atoms with van der Waals surface area (Å²) in [6.45, 7) is 2.46. The number of sulfone groups is 1. The Bertz CT molecular complexity index is 510. The third kappa shape index (κ3) is 3.32. The van der Waals surface area contributed by atoms with Gasteiger partial charge in [0.25, 0.3) is 0 Å². The molecule has 6 nitrogen and oxygen atoms in total. The molecule has 1 amide bonds. The van der Waals surface area contributed by atoms with Crippen LogP contribution in [0, 0.1) is 5.92 Å². The molecule has 18 heavy (non-hydrogen) atoms. The van der Waals surface area contributed by atoms with E-state index in [1.807, 2.05) is 19.2 Å². The number of rotatable bonds is 4. The van der Waals surface area contributed by atoms with Gasteiger partial charge in [-0.3, -0.25) is 9.48 Å². The number of hydrogen-bond acceptors (Lipinski definition) is 4. The molecule has 0 radical (unpaired) electrons. The van der Waals surface area contributed by atoms with Crippen molar-refractivity contribution in [2.45, 2.75) is 25.9 Å². The molecule has 2 rings (SSSR count). The van der Waals surface area contributed by atoms with Crippen molar-refractivity contribution in [3.05, 3.63) is 18.5 Å². The predicted molar refractivity (Wildman–Crippen MR) is 66.6 cm³/mol. The van der Waals surface area contributed by atoms with Crippen LogP contribution in [0.4, 0.5) is 0 Å². The minimum atomic E-state index is -3.00. The minimum Gasteiger partial charge on any atom is -0.352 e. The van der Waals surface area contributed by atoms with Crippen molar-refractivity contribution < 1.29 is 13.2 Å². The fourth-order valence-corrected chi connectivity index (χ4v) is 3.84. The Morgan fingerprint density at radius 2 is 2.39 bits per heavy atom. The van der Waals surface area contributed by atoms with Crippen molar-refractivity contribution >= 4 is 15.7 Å². The first-order valence-electron chi connectivity index (χ1n) is 5.94. The average molecular weight is 271 g/mol. The highest BCUT2D eigenvalue weighted by molar-refractivity contribution is 7.91. The second kappa shape index (κ2) is 5.09. The number of aromatic nitrogens is 2. The predicted octanol–water partition coefficient (Wildman–Crippen LogP) is -0.177. The van der Waals surface area contributed by atoms with Gasteiger partial charge in [-0.2, -0.15) is 5.10 Å². The van der Waals surface area contributed by atoms with Crippen LogP contribution in [0.15, 0.2) is 18.5 Å². The lowest BCUT2D eigenvalue weighted by molar-refractivity contribution is -0.124. The van der Waals surface area contributed by atoms with Crippen molar-refractivity contribution in [1.82, 2.24) is 15.1 Å². The van der Waals surface area contributed by atoms with E-state index in [-0.39, 0.29) is 23.5 Å². The molecule has 0 aromatic carbocycles. The second-order valence-electron chi connectivity index (χ2n) is 4.74. The van der Waals surface area contributed by atoms with Crippen LogP contribution in [0.3, 0.4) is 0 Å². The Hall–Kier alpha value is -1.37. The summed E-state index contributed by atoms with van der Waals surface area (Å²) in [5, 5.41) is 6.89. The average Bonchev–Trinajstić information content (AvgIpc) is 2.87. The highest BCUT2D eigenvalue weighted by Gasteiger charge is 2.33. The molecule has 100 valence electrons. The fraction of sp³-hybridized carbons (Fsp3) is 0.636. The summed E-state index contributed by atoms with van der Waals surface area (Å²) in [6.07, 6.45) is 3.93. The summed E-state index contributed by atoms with van der Waals surface area (Å²) in [7, 11) is -3.00. The van der Waals surface area contributed by atoms with E-state index in [0.717, 1.165) is 0 Å². The molecule has 0 spiro atoms. The van der Waals surface area contributed by atoms with Gasteiger partial charge in [-0.25, -0.2) is 8.42 Å². The van der Waals surface area contributed by atoms with Gasteiger partial charge in [0.15, 0.2) is 9.84 Å². The van der Waals surface area contributed by atoms with Gasteiger partial charge in [-0.05, 0) is 19.4 Å². The summed E-state index contributed by atoms with van der Waals surface area (Å²) < 4.78 is 24.3. The number of carbonyl (C=O) groups is 1. The molecule has 0 bridgehead atoms. The lowest BCUT2D eigenvalue weighted by atomic mass is 10.1. The molecular weight excluding hydrogens is 254 g/mol. The number of carbonyl (C=O) groups excluding carboxylic acids is 1. The zero-order valence-corrected chi connectivity index (χ0v) is 11.1. The van der Waals surface area contributed by atoms with E-state index in [1.54, 1.807) is 10.9 Å². The zero-order chi connectivity index (χ0) is 13.2. The second-order valence-corrected chi connectivity index (χ2v) is 6.97. The van der Waals surface area contributed by atoms with Gasteiger partial charge in [-0.1, -0.05) is 0 Å². The molecule has 1 aliphatic rings. The summed E-state index contributed by atoms with van der Waals surface area (Å²) >= 11 is 0. The maximum Gasteiger partial charge on any atom is 0.224 e. The van der Waals surface area contributed by atoms with Crippen LogP contribution in [-0.4, -0.2) is 41.7 Å². The van der Waals surface area contributed by atoms with Crippen molar-refractivity contribution in [3.63, 3.8) is 0 Å². The molecule has 0 saturated carbocycles. The summed E-state index contributed by atoms with van der Waals surface area (Å²) in [5.41, 5.74) is 0. The van der Waals surface area contributed by atoms with E-state index in [2.05, 4.69) is 10.4 Å². The van der Waals surface area contributed by atoms with E-state index >= 15 is 0 Å².